The molecule has 1 aliphatic rings. The zero-order chi connectivity index (χ0) is 30.7. The van der Waals surface area contributed by atoms with E-state index in [1.807, 2.05) is 29.0 Å². The Morgan fingerprint density at radius 1 is 1.05 bits per heavy atom. The Labute approximate surface area is 253 Å². The standard InChI is InChI=1S/C25H25FN4O2S.C9H9F/c1-14(2)12-18-22(23(27)31)21(19-8-9-20(33-19)25(32)28-3)17-10-11-30(24(17)29-18)13-15-4-6-16(26)7-5-15;10-9-6-2-4-7-3-1-5-8(7)9/h4-11,14H,12-13H2,1-3H3,(H2,27,31)(H,28,32);2,4,6H,1,3,5H2. The van der Waals surface area contributed by atoms with E-state index in [-0.39, 0.29) is 23.5 Å². The molecule has 222 valence electrons. The number of fused-ring (bicyclic) bond motifs is 2. The molecular formula is C34H34F2N4O2S. The van der Waals surface area contributed by atoms with Gasteiger partial charge in [0.2, 0.25) is 0 Å². The number of carbonyl (C=O) groups is 2. The van der Waals surface area contributed by atoms with Crippen LogP contribution in [-0.4, -0.2) is 28.4 Å². The number of halogens is 2. The number of primary amides is 1. The van der Waals surface area contributed by atoms with Gasteiger partial charge in [-0.25, -0.2) is 13.8 Å². The molecule has 0 saturated carbocycles. The number of carbonyl (C=O) groups excluding carboxylic acids is 2. The lowest BCUT2D eigenvalue weighted by molar-refractivity contribution is 0.0965. The lowest BCUT2D eigenvalue weighted by atomic mass is 9.96. The zero-order valence-corrected chi connectivity index (χ0v) is 25.2. The molecule has 0 radical (unpaired) electrons. The molecule has 0 saturated heterocycles. The van der Waals surface area contributed by atoms with Crippen LogP contribution in [0.5, 0.6) is 0 Å². The number of nitrogens with one attached hydrogen (secondary N) is 1. The molecule has 5 aromatic rings. The SMILES string of the molecule is CNC(=O)c1ccc(-c2c(C(N)=O)c(CC(C)C)nc3c2ccn3Cc2ccc(F)cc2)s1.Fc1cccc2c1CCC2. The number of nitrogens with zero attached hydrogens (tertiary/aromatic N) is 2. The van der Waals surface area contributed by atoms with Gasteiger partial charge < -0.3 is 15.6 Å². The molecule has 3 heterocycles. The average Bonchev–Trinajstić information content (AvgIpc) is 3.74. The fraction of sp³-hybridized carbons (Fsp3) is 0.265. The molecule has 3 N–H and O–H groups in total. The largest absolute Gasteiger partial charge is 0.366 e. The zero-order valence-electron chi connectivity index (χ0n) is 24.4. The van der Waals surface area contributed by atoms with Gasteiger partial charge in [-0.15, -0.1) is 11.3 Å². The Balaban J connectivity index is 0.000000308. The smallest absolute Gasteiger partial charge is 0.261 e. The highest BCUT2D eigenvalue weighted by Gasteiger charge is 2.24. The van der Waals surface area contributed by atoms with Crippen LogP contribution in [0.4, 0.5) is 8.78 Å². The van der Waals surface area contributed by atoms with E-state index in [0.717, 1.165) is 40.7 Å². The second-order valence-corrected chi connectivity index (χ2v) is 12.1. The van der Waals surface area contributed by atoms with Crippen LogP contribution in [0.1, 0.15) is 62.7 Å². The van der Waals surface area contributed by atoms with E-state index in [2.05, 4.69) is 19.2 Å². The van der Waals surface area contributed by atoms with Gasteiger partial charge in [-0.05, 0) is 84.7 Å². The highest BCUT2D eigenvalue weighted by atomic mass is 32.1. The first-order valence-electron chi connectivity index (χ1n) is 14.3. The van der Waals surface area contributed by atoms with Crippen LogP contribution in [-0.2, 0) is 25.8 Å². The lowest BCUT2D eigenvalue weighted by Gasteiger charge is -2.15. The molecule has 1 aliphatic carbocycles. The molecule has 2 aromatic carbocycles. The molecule has 6 rings (SSSR count). The predicted molar refractivity (Wildman–Crippen MR) is 167 cm³/mol. The van der Waals surface area contributed by atoms with Crippen molar-refractivity contribution < 1.29 is 18.4 Å². The summed E-state index contributed by atoms with van der Waals surface area (Å²) >= 11 is 1.31. The summed E-state index contributed by atoms with van der Waals surface area (Å²) < 4.78 is 28.2. The molecule has 0 unspecified atom stereocenters. The van der Waals surface area contributed by atoms with Gasteiger partial charge in [0.05, 0.1) is 16.1 Å². The molecule has 9 heteroatoms. The fourth-order valence-corrected chi connectivity index (χ4v) is 6.53. The van der Waals surface area contributed by atoms with Crippen molar-refractivity contribution in [2.24, 2.45) is 11.7 Å². The Hall–Kier alpha value is -4.37. The number of pyridine rings is 1. The summed E-state index contributed by atoms with van der Waals surface area (Å²) in [7, 11) is 1.58. The minimum atomic E-state index is -0.545. The summed E-state index contributed by atoms with van der Waals surface area (Å²) in [5, 5.41) is 3.41. The van der Waals surface area contributed by atoms with E-state index in [9.17, 15) is 18.4 Å². The molecule has 0 fully saturated rings. The van der Waals surface area contributed by atoms with Gasteiger partial charge in [-0.3, -0.25) is 9.59 Å². The Morgan fingerprint density at radius 2 is 1.81 bits per heavy atom. The maximum absolute atomic E-state index is 13.3. The van der Waals surface area contributed by atoms with Gasteiger partial charge in [0.25, 0.3) is 11.8 Å². The molecular weight excluding hydrogens is 566 g/mol. The first-order valence-corrected chi connectivity index (χ1v) is 15.1. The van der Waals surface area contributed by atoms with Crippen molar-refractivity contribution in [2.45, 2.75) is 46.1 Å². The molecule has 0 spiro atoms. The van der Waals surface area contributed by atoms with Crippen molar-refractivity contribution >= 4 is 34.2 Å². The number of amides is 2. The Morgan fingerprint density at radius 3 is 2.49 bits per heavy atom. The summed E-state index contributed by atoms with van der Waals surface area (Å²) in [4.78, 5) is 31.0. The normalized spacial score (nSPS) is 12.2. The highest BCUT2D eigenvalue weighted by Crippen LogP contribution is 2.38. The number of nitrogens with two attached hydrogens (primary N) is 1. The summed E-state index contributed by atoms with van der Waals surface area (Å²) in [6.45, 7) is 4.62. The van der Waals surface area contributed by atoms with Crippen LogP contribution < -0.4 is 11.1 Å². The first kappa shape index (κ1) is 30.1. The third kappa shape index (κ3) is 6.51. The van der Waals surface area contributed by atoms with Crippen molar-refractivity contribution in [2.75, 3.05) is 7.05 Å². The third-order valence-corrected chi connectivity index (χ3v) is 8.59. The number of rotatable bonds is 7. The predicted octanol–water partition coefficient (Wildman–Crippen LogP) is 6.92. The Kier molecular flexibility index (Phi) is 9.01. The van der Waals surface area contributed by atoms with Gasteiger partial charge in [0.15, 0.2) is 0 Å². The second-order valence-electron chi connectivity index (χ2n) is 11.1. The number of benzene rings is 2. The molecule has 43 heavy (non-hydrogen) atoms. The summed E-state index contributed by atoms with van der Waals surface area (Å²) in [6.07, 6.45) is 5.60. The van der Waals surface area contributed by atoms with Crippen LogP contribution in [0.3, 0.4) is 0 Å². The van der Waals surface area contributed by atoms with Gasteiger partial charge in [0, 0.05) is 35.6 Å². The number of aryl methyl sites for hydroxylation is 1. The minimum absolute atomic E-state index is 0.0185. The monoisotopic (exact) mass is 600 g/mol. The summed E-state index contributed by atoms with van der Waals surface area (Å²) in [5.74, 6) is -0.780. The van der Waals surface area contributed by atoms with E-state index in [1.165, 1.54) is 29.0 Å². The van der Waals surface area contributed by atoms with Crippen LogP contribution in [0.15, 0.2) is 66.9 Å². The quantitative estimate of drug-likeness (QED) is 0.212. The average molecular weight is 601 g/mol. The third-order valence-electron chi connectivity index (χ3n) is 7.49. The molecule has 6 nitrogen and oxygen atoms in total. The van der Waals surface area contributed by atoms with Crippen LogP contribution in [0.25, 0.3) is 21.5 Å². The maximum Gasteiger partial charge on any atom is 0.261 e. The van der Waals surface area contributed by atoms with E-state index in [1.54, 1.807) is 37.4 Å². The van der Waals surface area contributed by atoms with E-state index < -0.39 is 5.91 Å². The molecule has 0 atom stereocenters. The number of hydrogen-bond donors (Lipinski definition) is 2. The van der Waals surface area contributed by atoms with Crippen molar-refractivity contribution in [3.05, 3.63) is 111 Å². The molecule has 0 bridgehead atoms. The van der Waals surface area contributed by atoms with Gasteiger partial charge in [-0.2, -0.15) is 0 Å². The van der Waals surface area contributed by atoms with E-state index in [4.69, 9.17) is 10.7 Å². The van der Waals surface area contributed by atoms with Crippen molar-refractivity contribution in [3.8, 4) is 10.4 Å². The maximum atomic E-state index is 13.3. The summed E-state index contributed by atoms with van der Waals surface area (Å²) in [6, 6.07) is 17.2. The minimum Gasteiger partial charge on any atom is -0.366 e. The van der Waals surface area contributed by atoms with E-state index in [0.29, 0.717) is 40.3 Å². The van der Waals surface area contributed by atoms with E-state index >= 15 is 0 Å². The van der Waals surface area contributed by atoms with Crippen LogP contribution in [0, 0.1) is 17.6 Å². The number of hydrogen-bond acceptors (Lipinski definition) is 4. The topological polar surface area (TPSA) is 90.0 Å². The molecule has 2 amide bonds. The highest BCUT2D eigenvalue weighted by molar-refractivity contribution is 7.17. The lowest BCUT2D eigenvalue weighted by Crippen LogP contribution is -2.18. The number of aromatic nitrogens is 2. The van der Waals surface area contributed by atoms with Gasteiger partial charge in [0.1, 0.15) is 17.3 Å². The van der Waals surface area contributed by atoms with Gasteiger partial charge in [-0.1, -0.05) is 38.1 Å². The number of thiophene rings is 1. The van der Waals surface area contributed by atoms with Crippen molar-refractivity contribution in [1.29, 1.82) is 0 Å². The fourth-order valence-electron chi connectivity index (χ4n) is 5.51. The van der Waals surface area contributed by atoms with Crippen molar-refractivity contribution in [1.82, 2.24) is 14.9 Å². The van der Waals surface area contributed by atoms with Crippen LogP contribution >= 0.6 is 11.3 Å². The Bertz CT molecular complexity index is 1790. The van der Waals surface area contributed by atoms with Gasteiger partial charge >= 0.3 is 0 Å². The molecule has 0 aliphatic heterocycles. The molecule has 3 aromatic heterocycles. The second kappa shape index (κ2) is 12.9. The van der Waals surface area contributed by atoms with Crippen molar-refractivity contribution in [3.63, 3.8) is 0 Å². The van der Waals surface area contributed by atoms with Crippen LogP contribution in [0.2, 0.25) is 0 Å². The summed E-state index contributed by atoms with van der Waals surface area (Å²) in [5.41, 5.74) is 11.4. The first-order chi connectivity index (χ1) is 20.7.